The lowest BCUT2D eigenvalue weighted by Crippen LogP contribution is -2.64. The summed E-state index contributed by atoms with van der Waals surface area (Å²) in [6.07, 6.45) is -6.52. The number of aliphatic hydroxyl groups excluding tert-OH is 1. The van der Waals surface area contributed by atoms with E-state index in [0.717, 1.165) is 27.8 Å². The van der Waals surface area contributed by atoms with Crippen LogP contribution in [0.25, 0.3) is 21.6 Å². The van der Waals surface area contributed by atoms with Gasteiger partial charge in [0.15, 0.2) is 29.0 Å². The molecule has 0 bridgehead atoms. The van der Waals surface area contributed by atoms with Crippen LogP contribution < -0.4 is 5.32 Å². The van der Waals surface area contributed by atoms with Gasteiger partial charge in [0.25, 0.3) is 0 Å². The number of nitrogens with one attached hydrogen (secondary N) is 1. The van der Waals surface area contributed by atoms with E-state index in [0.29, 0.717) is 0 Å². The highest BCUT2D eigenvalue weighted by molar-refractivity contribution is 6.74. The molecule has 2 N–H and O–H groups in total. The summed E-state index contributed by atoms with van der Waals surface area (Å²) in [7, 11) is -4.91. The molecule has 5 rings (SSSR count). The number of fused-ring (bicyclic) bond motifs is 3. The molecule has 0 saturated carbocycles. The third-order valence-electron chi connectivity index (χ3n) is 12.4. The fraction of sp³-hybridized carbons (Fsp3) is 0.545. The van der Waals surface area contributed by atoms with Gasteiger partial charge in [-0.1, -0.05) is 126 Å². The Hall–Kier alpha value is -4.06. The average Bonchev–Trinajstić information content (AvgIpc) is 3.49. The zero-order chi connectivity index (χ0) is 43.3. The Morgan fingerprint density at radius 2 is 1.41 bits per heavy atom. The van der Waals surface area contributed by atoms with Crippen molar-refractivity contribution in [3.63, 3.8) is 0 Å². The molecule has 1 aliphatic heterocycles. The van der Waals surface area contributed by atoms with Crippen LogP contribution in [0.4, 0.5) is 4.79 Å². The highest BCUT2D eigenvalue weighted by atomic mass is 28.4. The molecule has 0 unspecified atom stereocenters. The molecule has 2 aliphatic rings. The summed E-state index contributed by atoms with van der Waals surface area (Å²) in [6, 6.07) is 22.6. The predicted molar refractivity (Wildman–Crippen MR) is 232 cm³/mol. The monoisotopic (exact) mass is 846 g/mol. The van der Waals surface area contributed by atoms with Crippen LogP contribution in [0.5, 0.6) is 0 Å². The third kappa shape index (κ3) is 10.8. The maximum absolute atomic E-state index is 13.9. The Balaban J connectivity index is 1.41. The molecule has 0 spiro atoms. The zero-order valence-corrected chi connectivity index (χ0v) is 38.3. The molecule has 1 aliphatic carbocycles. The van der Waals surface area contributed by atoms with Gasteiger partial charge in [0.05, 0.1) is 18.8 Å². The van der Waals surface area contributed by atoms with Crippen LogP contribution in [0.15, 0.2) is 84.0 Å². The van der Waals surface area contributed by atoms with Gasteiger partial charge in [-0.3, -0.25) is 0 Å². The number of benzene rings is 3. The normalized spacial score (nSPS) is 22.0. The van der Waals surface area contributed by atoms with Gasteiger partial charge >= 0.3 is 12.1 Å². The quantitative estimate of drug-likeness (QED) is 0.0498. The Morgan fingerprint density at radius 3 is 1.97 bits per heavy atom. The maximum Gasteiger partial charge on any atom is 0.407 e. The van der Waals surface area contributed by atoms with Gasteiger partial charge in [-0.25, -0.2) is 9.59 Å². The lowest BCUT2D eigenvalue weighted by atomic mass is 9.97. The van der Waals surface area contributed by atoms with Crippen LogP contribution in [-0.2, 0) is 39.2 Å². The number of rotatable bonds is 15. The Morgan fingerprint density at radius 1 is 0.847 bits per heavy atom. The predicted octanol–water partition coefficient (Wildman–Crippen LogP) is 9.22. The maximum atomic E-state index is 13.9. The largest absolute Gasteiger partial charge is 0.459 e. The first-order chi connectivity index (χ1) is 27.6. The molecule has 1 heterocycles. The number of carbonyl (C=O) groups excluding carboxylic acids is 2. The van der Waals surface area contributed by atoms with Crippen molar-refractivity contribution in [3.8, 4) is 11.1 Å². The highest BCUT2D eigenvalue weighted by Gasteiger charge is 2.52. The van der Waals surface area contributed by atoms with E-state index in [1.54, 1.807) is 6.92 Å². The molecule has 59 heavy (non-hydrogen) atoms. The number of hydrogen-bond acceptors (Lipinski definition) is 10. The van der Waals surface area contributed by atoms with Gasteiger partial charge < -0.3 is 38.2 Å². The molecule has 1 fully saturated rings. The first-order valence-electron chi connectivity index (χ1n) is 20.3. The van der Waals surface area contributed by atoms with Crippen LogP contribution in [0.3, 0.4) is 0 Å². The lowest BCUT2D eigenvalue weighted by molar-refractivity contribution is -0.274. The molecule has 3 aromatic carbocycles. The van der Waals surface area contributed by atoms with Crippen molar-refractivity contribution < 1.29 is 42.5 Å². The molecule has 0 aromatic heterocycles. The summed E-state index contributed by atoms with van der Waals surface area (Å²) in [6.45, 7) is 22.4. The fourth-order valence-corrected chi connectivity index (χ4v) is 9.07. The molecule has 1 saturated heterocycles. The van der Waals surface area contributed by atoms with Crippen molar-refractivity contribution in [1.29, 1.82) is 0 Å². The molecule has 7 atom stereocenters. The summed E-state index contributed by atoms with van der Waals surface area (Å²) >= 11 is 0. The molecule has 15 heteroatoms. The number of aliphatic hydroxyl groups is 1. The molecular formula is C44H62N4O9Si2. The zero-order valence-electron chi connectivity index (χ0n) is 36.3. The van der Waals surface area contributed by atoms with Gasteiger partial charge in [0.2, 0.25) is 0 Å². The summed E-state index contributed by atoms with van der Waals surface area (Å²) in [5, 5.41) is 18.3. The summed E-state index contributed by atoms with van der Waals surface area (Å²) < 4.78 is 37.8. The number of azide groups is 1. The first kappa shape index (κ1) is 46.0. The van der Waals surface area contributed by atoms with Crippen molar-refractivity contribution >= 4 is 28.7 Å². The minimum atomic E-state index is -2.60. The molecule has 0 radical (unpaired) electrons. The molecule has 320 valence electrons. The molecule has 1 amide bonds. The minimum absolute atomic E-state index is 0.0197. The SMILES string of the molecule is C[C@@H](O[C@H]1O[C@H](CO[Si](C)(C)C(C)(C)C)[C@H](O)[C@H](O[Si](C)(C)C(C)(C)C)[C@H]1N=[N+]=[N-])[C@H](NC(=O)OCC1c2ccccc2-c2ccccc21)C(=O)OCc1ccccc1. The van der Waals surface area contributed by atoms with Crippen molar-refractivity contribution in [2.45, 2.75) is 140 Å². The van der Waals surface area contributed by atoms with E-state index in [1.807, 2.05) is 92.0 Å². The summed E-state index contributed by atoms with van der Waals surface area (Å²) in [5.41, 5.74) is 14.8. The van der Waals surface area contributed by atoms with E-state index in [9.17, 15) is 20.2 Å². The van der Waals surface area contributed by atoms with E-state index >= 15 is 0 Å². The Labute approximate surface area is 351 Å². The number of nitrogens with zero attached hydrogens (tertiary/aromatic N) is 3. The van der Waals surface area contributed by atoms with Gasteiger partial charge in [-0.15, -0.1) is 0 Å². The molecule has 3 aromatic rings. The lowest BCUT2D eigenvalue weighted by Gasteiger charge is -2.49. The van der Waals surface area contributed by atoms with E-state index < -0.39 is 71.5 Å². The third-order valence-corrected chi connectivity index (χ3v) is 21.4. The standard InChI is InChI=1S/C44H62N4O9Si2/c1-28(55-41-37(47-48-45)39(57-59(10,11)44(5,6)7)38(49)35(56-41)27-54-58(8,9)43(2,3)4)36(40(50)52-25-29-19-13-12-14-20-29)46-42(51)53-26-34-32-23-17-15-21-30(32)31-22-16-18-24-33(31)34/h12-24,28,34-39,41,49H,25-27H2,1-11H3,(H,46,51)/t28-,35-,36+,37-,38+,39-,41+/m1/s1. The van der Waals surface area contributed by atoms with Crippen molar-refractivity contribution in [2.75, 3.05) is 13.2 Å². The second-order valence-corrected chi connectivity index (χ2v) is 28.1. The number of amides is 1. The van der Waals surface area contributed by atoms with E-state index in [4.69, 9.17) is 27.8 Å². The highest BCUT2D eigenvalue weighted by Crippen LogP contribution is 2.45. The second-order valence-electron chi connectivity index (χ2n) is 18.5. The summed E-state index contributed by atoms with van der Waals surface area (Å²) in [5.74, 6) is -0.988. The number of alkyl carbamates (subject to hydrolysis) is 1. The number of ether oxygens (including phenoxy) is 4. The van der Waals surface area contributed by atoms with E-state index in [2.05, 4.69) is 70.0 Å². The van der Waals surface area contributed by atoms with E-state index in [1.165, 1.54) is 0 Å². The minimum Gasteiger partial charge on any atom is -0.459 e. The smallest absolute Gasteiger partial charge is 0.407 e. The van der Waals surface area contributed by atoms with Crippen LogP contribution in [0.1, 0.15) is 71.1 Å². The molecule has 13 nitrogen and oxygen atoms in total. The second kappa shape index (κ2) is 18.7. The van der Waals surface area contributed by atoms with Gasteiger partial charge in [0.1, 0.15) is 31.5 Å². The van der Waals surface area contributed by atoms with Crippen LogP contribution in [0, 0.1) is 0 Å². The van der Waals surface area contributed by atoms with Crippen molar-refractivity contribution in [1.82, 2.24) is 5.32 Å². The fourth-order valence-electron chi connectivity index (χ4n) is 6.74. The number of esters is 1. The van der Waals surface area contributed by atoms with Gasteiger partial charge in [-0.05, 0) is 76.5 Å². The van der Waals surface area contributed by atoms with Gasteiger partial charge in [-0.2, -0.15) is 0 Å². The topological polar surface area (TPSA) is 171 Å². The number of carbonyl (C=O) groups is 2. The summed E-state index contributed by atoms with van der Waals surface area (Å²) in [4.78, 5) is 30.7. The van der Waals surface area contributed by atoms with E-state index in [-0.39, 0.29) is 35.8 Å². The molecular weight excluding hydrogens is 785 g/mol. The van der Waals surface area contributed by atoms with Crippen LogP contribution >= 0.6 is 0 Å². The first-order valence-corrected chi connectivity index (χ1v) is 26.1. The van der Waals surface area contributed by atoms with Gasteiger partial charge in [0, 0.05) is 10.8 Å². The van der Waals surface area contributed by atoms with Crippen molar-refractivity contribution in [2.24, 2.45) is 5.11 Å². The average molecular weight is 847 g/mol. The van der Waals surface area contributed by atoms with Crippen molar-refractivity contribution in [3.05, 3.63) is 106 Å². The Bertz CT molecular complexity index is 1920. The Kier molecular flexibility index (Phi) is 14.6. The van der Waals surface area contributed by atoms with Crippen LogP contribution in [0.2, 0.25) is 36.3 Å². The number of hydrogen-bond donors (Lipinski definition) is 2. The van der Waals surface area contributed by atoms with Crippen LogP contribution in [-0.4, -0.2) is 89.8 Å².